The molecule has 1 aliphatic heterocycles. The van der Waals surface area contributed by atoms with Gasteiger partial charge in [-0.15, -0.1) is 0 Å². The van der Waals surface area contributed by atoms with Gasteiger partial charge in [0.25, 0.3) is 0 Å². The summed E-state index contributed by atoms with van der Waals surface area (Å²) in [5.74, 6) is -0.127. The van der Waals surface area contributed by atoms with Gasteiger partial charge in [0.1, 0.15) is 0 Å². The highest BCUT2D eigenvalue weighted by Gasteiger charge is 2.26. The summed E-state index contributed by atoms with van der Waals surface area (Å²) in [5.41, 5.74) is 7.10. The van der Waals surface area contributed by atoms with E-state index in [9.17, 15) is 9.59 Å². The van der Waals surface area contributed by atoms with E-state index in [2.05, 4.69) is 10.6 Å². The highest BCUT2D eigenvalue weighted by molar-refractivity contribution is 6.30. The standard InChI is InChI=1S/C17H25ClN4O2/c1-12-9-14(18)4-5-15(12)21-16(23)11-22-8-2-3-13(10-22)17(24)20-7-6-19/h4-5,9,13H,2-3,6-8,10-11,19H2,1H3,(H,20,24)(H,21,23). The maximum Gasteiger partial charge on any atom is 0.238 e. The molecule has 0 aliphatic carbocycles. The van der Waals surface area contributed by atoms with Crippen LogP contribution in [0.25, 0.3) is 0 Å². The fraction of sp³-hybridized carbons (Fsp3) is 0.529. The maximum absolute atomic E-state index is 12.3. The van der Waals surface area contributed by atoms with Gasteiger partial charge >= 0.3 is 0 Å². The van der Waals surface area contributed by atoms with Crippen LogP contribution in [0.4, 0.5) is 5.69 Å². The number of halogens is 1. The number of nitrogens with one attached hydrogen (secondary N) is 2. The topological polar surface area (TPSA) is 87.5 Å². The zero-order chi connectivity index (χ0) is 17.5. The molecule has 1 heterocycles. The number of hydrogen-bond donors (Lipinski definition) is 3. The zero-order valence-corrected chi connectivity index (χ0v) is 14.7. The molecule has 2 amide bonds. The number of amides is 2. The molecule has 1 aliphatic rings. The quantitative estimate of drug-likeness (QED) is 0.721. The van der Waals surface area contributed by atoms with Crippen LogP contribution in [0, 0.1) is 12.8 Å². The average Bonchev–Trinajstić information content (AvgIpc) is 2.55. The van der Waals surface area contributed by atoms with Gasteiger partial charge in [-0.1, -0.05) is 11.6 Å². The molecule has 7 heteroatoms. The molecule has 1 aromatic rings. The summed E-state index contributed by atoms with van der Waals surface area (Å²) >= 11 is 5.92. The molecule has 1 atom stereocenters. The van der Waals surface area contributed by atoms with Gasteiger partial charge < -0.3 is 16.4 Å². The second kappa shape index (κ2) is 9.01. The van der Waals surface area contributed by atoms with E-state index in [4.69, 9.17) is 17.3 Å². The van der Waals surface area contributed by atoms with Crippen molar-refractivity contribution in [3.63, 3.8) is 0 Å². The van der Waals surface area contributed by atoms with E-state index < -0.39 is 0 Å². The van der Waals surface area contributed by atoms with Gasteiger partial charge in [0, 0.05) is 30.3 Å². The Morgan fingerprint density at radius 1 is 1.42 bits per heavy atom. The van der Waals surface area contributed by atoms with Crippen molar-refractivity contribution < 1.29 is 9.59 Å². The van der Waals surface area contributed by atoms with Crippen LogP contribution in [-0.4, -0.2) is 49.4 Å². The number of hydrogen-bond acceptors (Lipinski definition) is 4. The van der Waals surface area contributed by atoms with Crippen LogP contribution in [0.15, 0.2) is 18.2 Å². The maximum atomic E-state index is 12.3. The summed E-state index contributed by atoms with van der Waals surface area (Å²) in [6.07, 6.45) is 1.76. The minimum atomic E-state index is -0.0801. The molecule has 0 bridgehead atoms. The van der Waals surface area contributed by atoms with Crippen molar-refractivity contribution in [3.8, 4) is 0 Å². The van der Waals surface area contributed by atoms with Crippen LogP contribution in [0.5, 0.6) is 0 Å². The average molecular weight is 353 g/mol. The second-order valence-electron chi connectivity index (χ2n) is 6.16. The van der Waals surface area contributed by atoms with E-state index in [1.54, 1.807) is 12.1 Å². The molecule has 1 unspecified atom stereocenters. The number of piperidine rings is 1. The third kappa shape index (κ3) is 5.47. The van der Waals surface area contributed by atoms with Gasteiger partial charge in [-0.3, -0.25) is 14.5 Å². The van der Waals surface area contributed by atoms with Gasteiger partial charge in [0.15, 0.2) is 0 Å². The largest absolute Gasteiger partial charge is 0.355 e. The van der Waals surface area contributed by atoms with Gasteiger partial charge in [0.05, 0.1) is 12.5 Å². The van der Waals surface area contributed by atoms with E-state index in [0.717, 1.165) is 30.6 Å². The third-order valence-electron chi connectivity index (χ3n) is 4.15. The summed E-state index contributed by atoms with van der Waals surface area (Å²) in [4.78, 5) is 26.3. The Bertz CT molecular complexity index is 594. The van der Waals surface area contributed by atoms with Crippen molar-refractivity contribution in [2.45, 2.75) is 19.8 Å². The molecule has 24 heavy (non-hydrogen) atoms. The lowest BCUT2D eigenvalue weighted by Gasteiger charge is -2.31. The van der Waals surface area contributed by atoms with Gasteiger partial charge in [-0.25, -0.2) is 0 Å². The van der Waals surface area contributed by atoms with Crippen LogP contribution in [0.2, 0.25) is 5.02 Å². The van der Waals surface area contributed by atoms with Crippen LogP contribution >= 0.6 is 11.6 Å². The highest BCUT2D eigenvalue weighted by Crippen LogP contribution is 2.20. The predicted molar refractivity (Wildman–Crippen MR) is 96.0 cm³/mol. The molecule has 1 fully saturated rings. The molecule has 2 rings (SSSR count). The SMILES string of the molecule is Cc1cc(Cl)ccc1NC(=O)CN1CCCC(C(=O)NCCN)C1. The first-order valence-corrected chi connectivity index (χ1v) is 8.63. The lowest BCUT2D eigenvalue weighted by atomic mass is 9.97. The molecule has 0 saturated carbocycles. The molecule has 0 aromatic heterocycles. The molecule has 0 radical (unpaired) electrons. The third-order valence-corrected chi connectivity index (χ3v) is 4.38. The van der Waals surface area contributed by atoms with Crippen LogP contribution in [0.3, 0.4) is 0 Å². The number of rotatable bonds is 6. The molecule has 1 saturated heterocycles. The fourth-order valence-electron chi connectivity index (χ4n) is 2.91. The number of carbonyl (C=O) groups is 2. The smallest absolute Gasteiger partial charge is 0.238 e. The number of nitrogens with zero attached hydrogens (tertiary/aromatic N) is 1. The second-order valence-corrected chi connectivity index (χ2v) is 6.60. The lowest BCUT2D eigenvalue weighted by Crippen LogP contribution is -2.46. The Hall–Kier alpha value is -1.63. The Morgan fingerprint density at radius 2 is 2.21 bits per heavy atom. The number of anilines is 1. The van der Waals surface area contributed by atoms with Crippen molar-refractivity contribution in [1.82, 2.24) is 10.2 Å². The van der Waals surface area contributed by atoms with Crippen molar-refractivity contribution in [2.75, 3.05) is 38.0 Å². The van der Waals surface area contributed by atoms with Crippen molar-refractivity contribution in [2.24, 2.45) is 11.7 Å². The summed E-state index contributed by atoms with van der Waals surface area (Å²) < 4.78 is 0. The Balaban J connectivity index is 1.85. The van der Waals surface area contributed by atoms with Crippen LogP contribution in [0.1, 0.15) is 18.4 Å². The predicted octanol–water partition coefficient (Wildman–Crippen LogP) is 1.37. The Morgan fingerprint density at radius 3 is 2.92 bits per heavy atom. The van der Waals surface area contributed by atoms with Gasteiger partial charge in [0.2, 0.25) is 11.8 Å². The Kier molecular flexibility index (Phi) is 7.02. The normalized spacial score (nSPS) is 18.2. The van der Waals surface area contributed by atoms with Crippen molar-refractivity contribution >= 4 is 29.1 Å². The van der Waals surface area contributed by atoms with Crippen molar-refractivity contribution in [1.29, 1.82) is 0 Å². The van der Waals surface area contributed by atoms with E-state index in [1.807, 2.05) is 17.9 Å². The van der Waals surface area contributed by atoms with E-state index in [-0.39, 0.29) is 24.3 Å². The van der Waals surface area contributed by atoms with E-state index in [1.165, 1.54) is 0 Å². The zero-order valence-electron chi connectivity index (χ0n) is 14.0. The highest BCUT2D eigenvalue weighted by atomic mass is 35.5. The molecule has 1 aromatic carbocycles. The minimum absolute atomic E-state index is 0.0269. The summed E-state index contributed by atoms with van der Waals surface area (Å²) in [5, 5.41) is 6.38. The molecular weight excluding hydrogens is 328 g/mol. The first-order chi connectivity index (χ1) is 11.5. The van der Waals surface area contributed by atoms with Crippen LogP contribution in [-0.2, 0) is 9.59 Å². The number of likely N-dealkylation sites (tertiary alicyclic amines) is 1. The number of nitrogens with two attached hydrogens (primary N) is 1. The fourth-order valence-corrected chi connectivity index (χ4v) is 3.14. The first-order valence-electron chi connectivity index (χ1n) is 8.25. The monoisotopic (exact) mass is 352 g/mol. The van der Waals surface area contributed by atoms with E-state index in [0.29, 0.717) is 24.7 Å². The summed E-state index contributed by atoms with van der Waals surface area (Å²) in [7, 11) is 0. The van der Waals surface area contributed by atoms with Crippen LogP contribution < -0.4 is 16.4 Å². The molecular formula is C17H25ClN4O2. The molecule has 0 spiro atoms. The lowest BCUT2D eigenvalue weighted by molar-refractivity contribution is -0.127. The summed E-state index contributed by atoms with van der Waals surface area (Å²) in [6, 6.07) is 5.37. The van der Waals surface area contributed by atoms with Gasteiger partial charge in [-0.05, 0) is 50.1 Å². The summed E-state index contributed by atoms with van der Waals surface area (Å²) in [6.45, 7) is 4.54. The number of benzene rings is 1. The molecule has 6 nitrogen and oxygen atoms in total. The number of carbonyl (C=O) groups excluding carboxylic acids is 2. The first kappa shape index (κ1) is 18.7. The van der Waals surface area contributed by atoms with E-state index >= 15 is 0 Å². The molecule has 132 valence electrons. The molecule has 4 N–H and O–H groups in total. The van der Waals surface area contributed by atoms with Crippen molar-refractivity contribution in [3.05, 3.63) is 28.8 Å². The number of aryl methyl sites for hydroxylation is 1. The Labute approximate surface area is 147 Å². The minimum Gasteiger partial charge on any atom is -0.355 e. The van der Waals surface area contributed by atoms with Gasteiger partial charge in [-0.2, -0.15) is 0 Å².